The van der Waals surface area contributed by atoms with Gasteiger partial charge in [0.1, 0.15) is 17.9 Å². The number of hydrogen-bond donors (Lipinski definition) is 1. The van der Waals surface area contributed by atoms with Crippen molar-refractivity contribution >= 4 is 11.5 Å². The maximum atomic E-state index is 12.5. The van der Waals surface area contributed by atoms with E-state index in [-0.39, 0.29) is 23.5 Å². The first-order valence-corrected chi connectivity index (χ1v) is 4.66. The number of aliphatic hydroxyl groups excluding tert-OH is 1. The quantitative estimate of drug-likeness (QED) is 0.772. The van der Waals surface area contributed by atoms with Crippen LogP contribution in [0.3, 0.4) is 0 Å². The molecule has 1 aliphatic rings. The molecular weight excluding hydrogens is 237 g/mol. The second-order valence-corrected chi connectivity index (χ2v) is 3.48. The van der Waals surface area contributed by atoms with Gasteiger partial charge in [0.05, 0.1) is 5.56 Å². The van der Waals surface area contributed by atoms with Crippen LogP contribution in [-0.2, 0) is 15.7 Å². The van der Waals surface area contributed by atoms with Gasteiger partial charge in [-0.2, -0.15) is 13.2 Å². The summed E-state index contributed by atoms with van der Waals surface area (Å²) in [6.07, 6.45) is -4.49. The highest BCUT2D eigenvalue weighted by atomic mass is 19.4. The van der Waals surface area contributed by atoms with Crippen LogP contribution in [0, 0.1) is 0 Å². The lowest BCUT2D eigenvalue weighted by molar-refractivity contribution is -0.138. The Labute approximate surface area is 94.1 Å². The fraction of sp³-hybridized carbons (Fsp3) is 0.182. The third-order valence-corrected chi connectivity index (χ3v) is 2.31. The predicted molar refractivity (Wildman–Crippen MR) is 52.0 cm³/mol. The molecule has 0 unspecified atom stereocenters. The minimum Gasteiger partial charge on any atom is -0.508 e. The third-order valence-electron chi connectivity index (χ3n) is 2.31. The van der Waals surface area contributed by atoms with Crippen molar-refractivity contribution in [3.63, 3.8) is 0 Å². The molecule has 6 heteroatoms. The number of rotatable bonds is 1. The number of carbonyl (C=O) groups excluding carboxylic acids is 1. The Morgan fingerprint density at radius 2 is 2.00 bits per heavy atom. The summed E-state index contributed by atoms with van der Waals surface area (Å²) >= 11 is 0. The van der Waals surface area contributed by atoms with Crippen molar-refractivity contribution in [3.8, 4) is 0 Å². The van der Waals surface area contributed by atoms with Crippen molar-refractivity contribution in [2.75, 3.05) is 6.61 Å². The minimum atomic E-state index is -4.49. The maximum Gasteiger partial charge on any atom is 0.416 e. The lowest BCUT2D eigenvalue weighted by Gasteiger charge is -2.08. The Kier molecular flexibility index (Phi) is 2.57. The molecule has 0 spiro atoms. The molecule has 1 N–H and O–H groups in total. The molecule has 2 rings (SSSR count). The molecular formula is C11H7F3O3. The fourth-order valence-corrected chi connectivity index (χ4v) is 1.53. The highest BCUT2D eigenvalue weighted by Gasteiger charge is 2.32. The van der Waals surface area contributed by atoms with Crippen molar-refractivity contribution in [2.24, 2.45) is 0 Å². The lowest BCUT2D eigenvalue weighted by atomic mass is 10.0. The van der Waals surface area contributed by atoms with Crippen LogP contribution in [0.4, 0.5) is 13.2 Å². The van der Waals surface area contributed by atoms with Crippen LogP contribution in [0.1, 0.15) is 11.1 Å². The largest absolute Gasteiger partial charge is 0.508 e. The van der Waals surface area contributed by atoms with Crippen LogP contribution in [0.2, 0.25) is 0 Å². The maximum absolute atomic E-state index is 12.5. The fourth-order valence-electron chi connectivity index (χ4n) is 1.53. The molecule has 0 bridgehead atoms. The van der Waals surface area contributed by atoms with Crippen molar-refractivity contribution in [1.29, 1.82) is 0 Å². The van der Waals surface area contributed by atoms with Crippen LogP contribution >= 0.6 is 0 Å². The molecule has 0 amide bonds. The van der Waals surface area contributed by atoms with E-state index >= 15 is 0 Å². The van der Waals surface area contributed by atoms with Gasteiger partial charge in [-0.15, -0.1) is 0 Å². The molecule has 17 heavy (non-hydrogen) atoms. The van der Waals surface area contributed by atoms with Gasteiger partial charge in [-0.25, -0.2) is 4.79 Å². The molecule has 90 valence electrons. The van der Waals surface area contributed by atoms with E-state index in [4.69, 9.17) is 0 Å². The van der Waals surface area contributed by atoms with Crippen molar-refractivity contribution in [3.05, 3.63) is 41.2 Å². The lowest BCUT2D eigenvalue weighted by Crippen LogP contribution is -2.06. The minimum absolute atomic E-state index is 0.000162. The van der Waals surface area contributed by atoms with Gasteiger partial charge in [0.25, 0.3) is 0 Å². The standard InChI is InChI=1S/C11H7F3O3/c12-11(13,14)7-3-1-2-6(4-7)9-8(15)5-17-10(9)16/h1-4,15H,5H2. The van der Waals surface area contributed by atoms with E-state index in [1.807, 2.05) is 0 Å². The second-order valence-electron chi connectivity index (χ2n) is 3.48. The van der Waals surface area contributed by atoms with Gasteiger partial charge in [0.2, 0.25) is 0 Å². The van der Waals surface area contributed by atoms with Crippen LogP contribution in [0.25, 0.3) is 5.57 Å². The molecule has 0 radical (unpaired) electrons. The van der Waals surface area contributed by atoms with Gasteiger partial charge >= 0.3 is 12.1 Å². The van der Waals surface area contributed by atoms with E-state index in [1.165, 1.54) is 12.1 Å². The summed E-state index contributed by atoms with van der Waals surface area (Å²) in [6, 6.07) is 4.18. The zero-order valence-corrected chi connectivity index (χ0v) is 8.41. The number of halogens is 3. The van der Waals surface area contributed by atoms with Crippen molar-refractivity contribution in [2.45, 2.75) is 6.18 Å². The van der Waals surface area contributed by atoms with Crippen molar-refractivity contribution < 1.29 is 27.8 Å². The Hall–Kier alpha value is -1.98. The Morgan fingerprint density at radius 3 is 2.53 bits per heavy atom. The van der Waals surface area contributed by atoms with Crippen LogP contribution < -0.4 is 0 Å². The van der Waals surface area contributed by atoms with Gasteiger partial charge in [-0.3, -0.25) is 0 Å². The molecule has 0 saturated heterocycles. The molecule has 0 aromatic heterocycles. The molecule has 0 saturated carbocycles. The van der Waals surface area contributed by atoms with Gasteiger partial charge in [0, 0.05) is 0 Å². The molecule has 1 aromatic rings. The van der Waals surface area contributed by atoms with Crippen molar-refractivity contribution in [1.82, 2.24) is 0 Å². The number of alkyl halides is 3. The summed E-state index contributed by atoms with van der Waals surface area (Å²) < 4.78 is 41.9. The van der Waals surface area contributed by atoms with Crippen LogP contribution in [0.15, 0.2) is 30.0 Å². The summed E-state index contributed by atoms with van der Waals surface area (Å²) in [5.74, 6) is -1.17. The van der Waals surface area contributed by atoms with E-state index in [1.54, 1.807) is 0 Å². The first-order valence-electron chi connectivity index (χ1n) is 4.66. The van der Waals surface area contributed by atoms with Gasteiger partial charge < -0.3 is 9.84 Å². The van der Waals surface area contributed by atoms with Crippen LogP contribution in [-0.4, -0.2) is 17.7 Å². The average Bonchev–Trinajstić information content (AvgIpc) is 2.57. The number of cyclic esters (lactones) is 1. The number of aliphatic hydroxyl groups is 1. The number of carbonyl (C=O) groups is 1. The normalized spacial score (nSPS) is 16.3. The molecule has 0 aliphatic carbocycles. The van der Waals surface area contributed by atoms with E-state index in [9.17, 15) is 23.1 Å². The zero-order chi connectivity index (χ0) is 12.6. The molecule has 1 aromatic carbocycles. The van der Waals surface area contributed by atoms with Gasteiger partial charge in [-0.1, -0.05) is 12.1 Å². The summed E-state index contributed by atoms with van der Waals surface area (Å²) in [7, 11) is 0. The van der Waals surface area contributed by atoms with E-state index in [0.29, 0.717) is 0 Å². The molecule has 0 atom stereocenters. The van der Waals surface area contributed by atoms with Crippen LogP contribution in [0.5, 0.6) is 0 Å². The summed E-state index contributed by atoms with van der Waals surface area (Å²) in [4.78, 5) is 11.2. The summed E-state index contributed by atoms with van der Waals surface area (Å²) in [6.45, 7) is -0.301. The molecule has 1 heterocycles. The Balaban J connectivity index is 2.48. The monoisotopic (exact) mass is 244 g/mol. The molecule has 0 fully saturated rings. The average molecular weight is 244 g/mol. The first kappa shape index (κ1) is 11.5. The number of esters is 1. The second kappa shape index (κ2) is 3.80. The predicted octanol–water partition coefficient (Wildman–Crippen LogP) is 2.53. The van der Waals surface area contributed by atoms with Gasteiger partial charge in [0.15, 0.2) is 0 Å². The van der Waals surface area contributed by atoms with Gasteiger partial charge in [-0.05, 0) is 17.7 Å². The topological polar surface area (TPSA) is 46.5 Å². The smallest absolute Gasteiger partial charge is 0.416 e. The number of benzene rings is 1. The summed E-state index contributed by atoms with van der Waals surface area (Å²) in [5.41, 5.74) is -1.09. The zero-order valence-electron chi connectivity index (χ0n) is 8.41. The third kappa shape index (κ3) is 2.11. The highest BCUT2D eigenvalue weighted by Crippen LogP contribution is 2.32. The number of ether oxygens (including phenoxy) is 1. The first-order chi connectivity index (χ1) is 7.89. The summed E-state index contributed by atoms with van der Waals surface area (Å²) in [5, 5.41) is 9.36. The Bertz CT molecular complexity index is 503. The highest BCUT2D eigenvalue weighted by molar-refractivity contribution is 6.18. The molecule has 3 nitrogen and oxygen atoms in total. The Morgan fingerprint density at radius 1 is 1.29 bits per heavy atom. The number of hydrogen-bond acceptors (Lipinski definition) is 3. The molecule has 1 aliphatic heterocycles. The van der Waals surface area contributed by atoms with E-state index < -0.39 is 17.7 Å². The SMILES string of the molecule is O=C1OCC(O)=C1c1cccc(C(F)(F)F)c1. The van der Waals surface area contributed by atoms with E-state index in [0.717, 1.165) is 12.1 Å². The van der Waals surface area contributed by atoms with E-state index in [2.05, 4.69) is 4.74 Å².